The third-order valence-electron chi connectivity index (χ3n) is 5.22. The van der Waals surface area contributed by atoms with E-state index >= 15 is 0 Å². The number of benzene rings is 2. The van der Waals surface area contributed by atoms with Gasteiger partial charge >= 0.3 is 6.09 Å². The van der Waals surface area contributed by atoms with E-state index in [0.717, 1.165) is 23.4 Å². The van der Waals surface area contributed by atoms with E-state index in [1.54, 1.807) is 6.20 Å². The van der Waals surface area contributed by atoms with Crippen LogP contribution < -0.4 is 11.1 Å². The molecular formula is C25H26F2N4O2. The smallest absolute Gasteiger partial charge is 0.404 e. The van der Waals surface area contributed by atoms with E-state index in [0.29, 0.717) is 37.9 Å². The van der Waals surface area contributed by atoms with E-state index in [2.05, 4.69) is 11.4 Å². The zero-order chi connectivity index (χ0) is 23.6. The summed E-state index contributed by atoms with van der Waals surface area (Å²) in [5.41, 5.74) is 7.62. The summed E-state index contributed by atoms with van der Waals surface area (Å²) in [6, 6.07) is 17.0. The normalized spacial score (nSPS) is 11.7. The van der Waals surface area contributed by atoms with Gasteiger partial charge in [-0.25, -0.2) is 13.6 Å². The van der Waals surface area contributed by atoms with E-state index < -0.39 is 17.7 Å². The Hall–Kier alpha value is -3.70. The van der Waals surface area contributed by atoms with Crippen molar-refractivity contribution in [1.29, 1.82) is 5.26 Å². The number of carbonyl (C=O) groups is 1. The molecule has 0 bridgehead atoms. The van der Waals surface area contributed by atoms with Gasteiger partial charge in [-0.05, 0) is 49.2 Å². The second-order valence-electron chi connectivity index (χ2n) is 7.62. The van der Waals surface area contributed by atoms with Crippen LogP contribution in [0.1, 0.15) is 36.6 Å². The summed E-state index contributed by atoms with van der Waals surface area (Å²) >= 11 is 0. The van der Waals surface area contributed by atoms with Crippen molar-refractivity contribution in [2.75, 3.05) is 13.2 Å². The predicted molar refractivity (Wildman–Crippen MR) is 121 cm³/mol. The molecule has 172 valence electrons. The molecule has 2 aromatic carbocycles. The van der Waals surface area contributed by atoms with E-state index in [9.17, 15) is 13.6 Å². The van der Waals surface area contributed by atoms with E-state index in [1.165, 1.54) is 6.07 Å². The summed E-state index contributed by atoms with van der Waals surface area (Å²) in [6.07, 6.45) is 2.36. The molecular weight excluding hydrogens is 426 g/mol. The molecule has 3 N–H and O–H groups in total. The lowest BCUT2D eigenvalue weighted by atomic mass is 10.0. The highest BCUT2D eigenvalue weighted by atomic mass is 19.1. The van der Waals surface area contributed by atoms with Crippen LogP contribution in [0.5, 0.6) is 0 Å². The number of nitrogens with one attached hydrogen (secondary N) is 1. The van der Waals surface area contributed by atoms with Crippen LogP contribution in [0.15, 0.2) is 60.8 Å². The Balaban J connectivity index is 1.92. The van der Waals surface area contributed by atoms with Gasteiger partial charge in [0.15, 0.2) is 0 Å². The Kier molecular flexibility index (Phi) is 8.56. The van der Waals surface area contributed by atoms with Gasteiger partial charge in [-0.1, -0.05) is 30.3 Å². The molecule has 3 aromatic rings. The van der Waals surface area contributed by atoms with E-state index in [4.69, 9.17) is 15.7 Å². The first-order chi connectivity index (χ1) is 16.0. The van der Waals surface area contributed by atoms with Crippen LogP contribution >= 0.6 is 0 Å². The number of primary amides is 1. The minimum Gasteiger partial charge on any atom is -0.450 e. The fourth-order valence-electron chi connectivity index (χ4n) is 3.69. The van der Waals surface area contributed by atoms with Gasteiger partial charge in [0.25, 0.3) is 0 Å². The van der Waals surface area contributed by atoms with Crippen LogP contribution in [0, 0.1) is 23.0 Å². The Bertz CT molecular complexity index is 1110. The molecule has 1 amide bonds. The third kappa shape index (κ3) is 6.89. The molecule has 0 saturated heterocycles. The monoisotopic (exact) mass is 452 g/mol. The molecule has 0 fully saturated rings. The second-order valence-corrected chi connectivity index (χ2v) is 7.62. The fourth-order valence-corrected chi connectivity index (χ4v) is 3.69. The fraction of sp³-hybridized carbons (Fsp3) is 0.280. The quantitative estimate of drug-likeness (QED) is 0.405. The molecule has 6 nitrogen and oxygen atoms in total. The maximum absolute atomic E-state index is 14.5. The summed E-state index contributed by atoms with van der Waals surface area (Å²) < 4.78 is 35.1. The Morgan fingerprint density at radius 3 is 2.70 bits per heavy atom. The number of nitriles is 1. The number of carbonyl (C=O) groups excluding carboxylic acids is 1. The number of halogens is 2. The number of amides is 1. The van der Waals surface area contributed by atoms with Crippen LogP contribution in [0.4, 0.5) is 13.6 Å². The Morgan fingerprint density at radius 1 is 1.18 bits per heavy atom. The molecule has 0 unspecified atom stereocenters. The van der Waals surface area contributed by atoms with Gasteiger partial charge in [0, 0.05) is 42.0 Å². The van der Waals surface area contributed by atoms with Crippen molar-refractivity contribution < 1.29 is 18.3 Å². The molecule has 8 heteroatoms. The molecule has 33 heavy (non-hydrogen) atoms. The molecule has 1 heterocycles. The molecule has 0 saturated carbocycles. The summed E-state index contributed by atoms with van der Waals surface area (Å²) in [5, 5.41) is 12.5. The highest BCUT2D eigenvalue weighted by Gasteiger charge is 2.19. The van der Waals surface area contributed by atoms with Crippen LogP contribution in [0.3, 0.4) is 0 Å². The summed E-state index contributed by atoms with van der Waals surface area (Å²) in [7, 11) is 0. The van der Waals surface area contributed by atoms with Crippen molar-refractivity contribution in [3.8, 4) is 17.2 Å². The number of aromatic nitrogens is 1. The van der Waals surface area contributed by atoms with Crippen LogP contribution in [0.25, 0.3) is 11.1 Å². The van der Waals surface area contributed by atoms with Crippen LogP contribution in [-0.2, 0) is 11.3 Å². The number of nitrogens with zero attached hydrogens (tertiary/aromatic N) is 2. The van der Waals surface area contributed by atoms with Gasteiger partial charge in [0.1, 0.15) is 11.6 Å². The predicted octanol–water partition coefficient (Wildman–Crippen LogP) is 4.90. The third-order valence-corrected chi connectivity index (χ3v) is 5.22. The highest BCUT2D eigenvalue weighted by Crippen LogP contribution is 2.30. The molecule has 1 aromatic heterocycles. The lowest BCUT2D eigenvalue weighted by molar-refractivity contribution is 0.155. The van der Waals surface area contributed by atoms with Crippen molar-refractivity contribution in [3.05, 3.63) is 83.7 Å². The molecule has 0 radical (unpaired) electrons. The van der Waals surface area contributed by atoms with E-state index in [1.807, 2.05) is 41.0 Å². The number of hydrogen-bond donors (Lipinski definition) is 2. The van der Waals surface area contributed by atoms with Crippen molar-refractivity contribution in [3.63, 3.8) is 0 Å². The van der Waals surface area contributed by atoms with Crippen molar-refractivity contribution in [2.45, 2.75) is 31.8 Å². The van der Waals surface area contributed by atoms with Crippen LogP contribution in [-0.4, -0.2) is 23.8 Å². The number of nitrogens with two attached hydrogens (primary N) is 1. The zero-order valence-electron chi connectivity index (χ0n) is 18.1. The number of hydrogen-bond acceptors (Lipinski definition) is 4. The number of rotatable bonds is 11. The van der Waals surface area contributed by atoms with Gasteiger partial charge in [0.05, 0.1) is 12.7 Å². The Labute approximate surface area is 191 Å². The minimum atomic E-state index is -0.825. The maximum atomic E-state index is 14.5. The van der Waals surface area contributed by atoms with Gasteiger partial charge in [-0.3, -0.25) is 0 Å². The highest BCUT2D eigenvalue weighted by molar-refractivity contribution is 5.65. The van der Waals surface area contributed by atoms with Gasteiger partial charge in [-0.15, -0.1) is 0 Å². The lowest BCUT2D eigenvalue weighted by Crippen LogP contribution is -2.26. The molecule has 0 aliphatic rings. The first kappa shape index (κ1) is 24.0. The SMILES string of the molecule is N#CCC[C@@H](NCCCOC(N)=O)c1cc(-c2cc(F)ccc2F)cn1Cc1ccccc1. The van der Waals surface area contributed by atoms with Crippen molar-refractivity contribution >= 4 is 6.09 Å². The topological polar surface area (TPSA) is 93.1 Å². The zero-order valence-corrected chi connectivity index (χ0v) is 18.1. The second kappa shape index (κ2) is 11.8. The molecule has 3 rings (SSSR count). The molecule has 0 aliphatic heterocycles. The van der Waals surface area contributed by atoms with Gasteiger partial charge in [-0.2, -0.15) is 5.26 Å². The number of ether oxygens (including phenoxy) is 1. The average molecular weight is 453 g/mol. The standard InChI is InChI=1S/C25H26F2N4O2/c26-20-9-10-22(27)21(15-20)19-14-24(31(17-19)16-18-6-2-1-3-7-18)23(8-4-11-28)30-12-5-13-33-25(29)32/h1-3,6-7,9-10,14-15,17,23,30H,4-5,8,12-13,16H2,(H2,29,32)/t23-/m1/s1. The van der Waals surface area contributed by atoms with Gasteiger partial charge < -0.3 is 20.4 Å². The minimum absolute atomic E-state index is 0.178. The molecule has 1 atom stereocenters. The summed E-state index contributed by atoms with van der Waals surface area (Å²) in [4.78, 5) is 10.7. The molecule has 0 aliphatic carbocycles. The van der Waals surface area contributed by atoms with Gasteiger partial charge in [0.2, 0.25) is 0 Å². The summed E-state index contributed by atoms with van der Waals surface area (Å²) in [6.45, 7) is 1.23. The largest absolute Gasteiger partial charge is 0.450 e. The summed E-state index contributed by atoms with van der Waals surface area (Å²) in [5.74, 6) is -1.03. The first-order valence-corrected chi connectivity index (χ1v) is 10.7. The maximum Gasteiger partial charge on any atom is 0.404 e. The van der Waals surface area contributed by atoms with E-state index in [-0.39, 0.29) is 18.2 Å². The lowest BCUT2D eigenvalue weighted by Gasteiger charge is -2.20. The van der Waals surface area contributed by atoms with Crippen molar-refractivity contribution in [2.24, 2.45) is 5.73 Å². The van der Waals surface area contributed by atoms with Crippen molar-refractivity contribution in [1.82, 2.24) is 9.88 Å². The Morgan fingerprint density at radius 2 is 1.97 bits per heavy atom. The van der Waals surface area contributed by atoms with Crippen LogP contribution in [0.2, 0.25) is 0 Å². The first-order valence-electron chi connectivity index (χ1n) is 10.7. The average Bonchev–Trinajstić information content (AvgIpc) is 3.21. The molecule has 0 spiro atoms.